The Morgan fingerprint density at radius 3 is 1.32 bits per heavy atom. The molecule has 4 heteroatoms. The normalized spacial score (nSPS) is 20.0. The van der Waals surface area contributed by atoms with Crippen molar-refractivity contribution in [2.24, 2.45) is 9.98 Å². The van der Waals surface area contributed by atoms with E-state index in [1.165, 1.54) is 24.2 Å². The van der Waals surface area contributed by atoms with Crippen molar-refractivity contribution in [2.75, 3.05) is 38.0 Å². The van der Waals surface area contributed by atoms with Crippen molar-refractivity contribution in [3.05, 3.63) is 59.7 Å². The Balaban J connectivity index is 1.66. The van der Waals surface area contributed by atoms with Crippen molar-refractivity contribution >= 4 is 23.8 Å². The van der Waals surface area contributed by atoms with Gasteiger partial charge in [0.05, 0.1) is 12.1 Å². The molecule has 1 aliphatic rings. The second kappa shape index (κ2) is 9.54. The first-order valence-electron chi connectivity index (χ1n) is 10.1. The zero-order valence-electron chi connectivity index (χ0n) is 17.5. The Kier molecular flexibility index (Phi) is 6.85. The number of anilines is 2. The van der Waals surface area contributed by atoms with Crippen LogP contribution in [0.25, 0.3) is 0 Å². The molecular formula is C24H32N4. The van der Waals surface area contributed by atoms with Gasteiger partial charge in [0.2, 0.25) is 0 Å². The Morgan fingerprint density at radius 1 is 0.643 bits per heavy atom. The summed E-state index contributed by atoms with van der Waals surface area (Å²) in [5.74, 6) is 0. The smallest absolute Gasteiger partial charge is 0.0723 e. The number of nitrogens with zero attached hydrogens (tertiary/aromatic N) is 4. The minimum atomic E-state index is 0.277. The molecule has 0 heterocycles. The summed E-state index contributed by atoms with van der Waals surface area (Å²) in [5, 5.41) is 0. The molecule has 1 saturated carbocycles. The number of hydrogen-bond acceptors (Lipinski definition) is 4. The molecule has 0 aromatic heterocycles. The van der Waals surface area contributed by atoms with E-state index in [1.54, 1.807) is 0 Å². The highest BCUT2D eigenvalue weighted by Gasteiger charge is 2.23. The highest BCUT2D eigenvalue weighted by molar-refractivity contribution is 5.81. The van der Waals surface area contributed by atoms with E-state index >= 15 is 0 Å². The highest BCUT2D eigenvalue weighted by atomic mass is 15.1. The third-order valence-corrected chi connectivity index (χ3v) is 5.34. The minimum Gasteiger partial charge on any atom is -0.378 e. The van der Waals surface area contributed by atoms with Gasteiger partial charge in [-0.2, -0.15) is 0 Å². The van der Waals surface area contributed by atoms with Crippen LogP contribution in [0.5, 0.6) is 0 Å². The first-order chi connectivity index (χ1) is 13.5. The molecule has 1 aliphatic carbocycles. The molecule has 28 heavy (non-hydrogen) atoms. The van der Waals surface area contributed by atoms with E-state index in [9.17, 15) is 0 Å². The summed E-state index contributed by atoms with van der Waals surface area (Å²) in [6, 6.07) is 17.6. The Labute approximate surface area is 169 Å². The summed E-state index contributed by atoms with van der Waals surface area (Å²) in [4.78, 5) is 14.0. The molecule has 0 N–H and O–H groups in total. The molecule has 2 aromatic carbocycles. The second-order valence-electron chi connectivity index (χ2n) is 7.95. The molecule has 0 bridgehead atoms. The van der Waals surface area contributed by atoms with Crippen LogP contribution in [0.1, 0.15) is 36.8 Å². The van der Waals surface area contributed by atoms with Crippen LogP contribution in [0.2, 0.25) is 0 Å². The maximum atomic E-state index is 4.90. The number of aliphatic imine (C=N–C) groups is 2. The predicted octanol–water partition coefficient (Wildman–Crippen LogP) is 4.67. The van der Waals surface area contributed by atoms with Crippen LogP contribution < -0.4 is 9.80 Å². The third-order valence-electron chi connectivity index (χ3n) is 5.34. The van der Waals surface area contributed by atoms with Gasteiger partial charge in [-0.15, -0.1) is 0 Å². The Bertz CT molecular complexity index is 719. The van der Waals surface area contributed by atoms with Crippen molar-refractivity contribution in [3.63, 3.8) is 0 Å². The van der Waals surface area contributed by atoms with E-state index in [0.29, 0.717) is 0 Å². The fourth-order valence-electron chi connectivity index (χ4n) is 3.52. The maximum Gasteiger partial charge on any atom is 0.0723 e. The van der Waals surface area contributed by atoms with Gasteiger partial charge in [-0.05, 0) is 48.2 Å². The van der Waals surface area contributed by atoms with Crippen LogP contribution in [-0.4, -0.2) is 52.7 Å². The Hall–Kier alpha value is -2.62. The van der Waals surface area contributed by atoms with Crippen LogP contribution in [0, 0.1) is 0 Å². The SMILES string of the molecule is CN(C)c1ccc(C=NC2CCCCC2N=Cc2ccc(N(C)C)cc2)cc1. The molecule has 0 radical (unpaired) electrons. The van der Waals surface area contributed by atoms with E-state index in [2.05, 4.69) is 86.5 Å². The number of rotatable bonds is 6. The second-order valence-corrected chi connectivity index (χ2v) is 7.95. The van der Waals surface area contributed by atoms with Gasteiger partial charge >= 0.3 is 0 Å². The molecule has 4 nitrogen and oxygen atoms in total. The van der Waals surface area contributed by atoms with Gasteiger partial charge in [0.15, 0.2) is 0 Å². The van der Waals surface area contributed by atoms with Gasteiger partial charge < -0.3 is 9.80 Å². The molecule has 2 atom stereocenters. The van der Waals surface area contributed by atoms with Gasteiger partial charge in [0.1, 0.15) is 0 Å². The van der Waals surface area contributed by atoms with Crippen LogP contribution in [0.15, 0.2) is 58.5 Å². The van der Waals surface area contributed by atoms with E-state index in [4.69, 9.17) is 9.98 Å². The van der Waals surface area contributed by atoms with E-state index in [0.717, 1.165) is 24.0 Å². The van der Waals surface area contributed by atoms with Gasteiger partial charge in [-0.1, -0.05) is 37.1 Å². The van der Waals surface area contributed by atoms with E-state index < -0.39 is 0 Å². The van der Waals surface area contributed by atoms with Crippen molar-refractivity contribution in [3.8, 4) is 0 Å². The zero-order valence-corrected chi connectivity index (χ0v) is 17.5. The van der Waals surface area contributed by atoms with Gasteiger partial charge in [-0.3, -0.25) is 9.98 Å². The zero-order chi connectivity index (χ0) is 19.9. The van der Waals surface area contributed by atoms with Crippen molar-refractivity contribution < 1.29 is 0 Å². The standard InChI is InChI=1S/C24H32N4/c1-27(2)21-13-9-19(10-14-21)17-25-23-7-5-6-8-24(23)26-18-20-11-15-22(16-12-20)28(3)4/h9-18,23-24H,5-8H2,1-4H3. The quantitative estimate of drug-likeness (QED) is 0.686. The highest BCUT2D eigenvalue weighted by Crippen LogP contribution is 2.24. The lowest BCUT2D eigenvalue weighted by atomic mass is 9.91. The molecule has 0 saturated heterocycles. The van der Waals surface area contributed by atoms with Crippen molar-refractivity contribution in [2.45, 2.75) is 37.8 Å². The molecule has 0 amide bonds. The molecular weight excluding hydrogens is 344 g/mol. The summed E-state index contributed by atoms with van der Waals surface area (Å²) in [5.41, 5.74) is 4.71. The predicted molar refractivity (Wildman–Crippen MR) is 123 cm³/mol. The van der Waals surface area contributed by atoms with Crippen LogP contribution in [0.3, 0.4) is 0 Å². The largest absolute Gasteiger partial charge is 0.378 e. The van der Waals surface area contributed by atoms with Crippen LogP contribution in [-0.2, 0) is 0 Å². The lowest BCUT2D eigenvalue weighted by molar-refractivity contribution is 0.390. The summed E-state index contributed by atoms with van der Waals surface area (Å²) in [6.07, 6.45) is 8.76. The molecule has 2 unspecified atom stereocenters. The van der Waals surface area contributed by atoms with E-state index in [1.807, 2.05) is 12.4 Å². The molecule has 3 rings (SSSR count). The van der Waals surface area contributed by atoms with Crippen molar-refractivity contribution in [1.29, 1.82) is 0 Å². The topological polar surface area (TPSA) is 31.2 Å². The fourth-order valence-corrected chi connectivity index (χ4v) is 3.52. The summed E-state index contributed by atoms with van der Waals surface area (Å²) >= 11 is 0. The van der Waals surface area contributed by atoms with Gasteiger partial charge in [0, 0.05) is 52.0 Å². The monoisotopic (exact) mass is 376 g/mol. The van der Waals surface area contributed by atoms with Gasteiger partial charge in [-0.25, -0.2) is 0 Å². The number of benzene rings is 2. The molecule has 0 aliphatic heterocycles. The number of hydrogen-bond donors (Lipinski definition) is 0. The molecule has 0 spiro atoms. The lowest BCUT2D eigenvalue weighted by Crippen LogP contribution is -2.27. The fraction of sp³-hybridized carbons (Fsp3) is 0.417. The van der Waals surface area contributed by atoms with Crippen molar-refractivity contribution in [1.82, 2.24) is 0 Å². The first-order valence-corrected chi connectivity index (χ1v) is 10.1. The summed E-state index contributed by atoms with van der Waals surface area (Å²) < 4.78 is 0. The molecule has 148 valence electrons. The Morgan fingerprint density at radius 2 is 1.00 bits per heavy atom. The first kappa shape index (κ1) is 20.1. The molecule has 2 aromatic rings. The van der Waals surface area contributed by atoms with Crippen LogP contribution in [0.4, 0.5) is 11.4 Å². The summed E-state index contributed by atoms with van der Waals surface area (Å²) in [6.45, 7) is 0. The summed E-state index contributed by atoms with van der Waals surface area (Å²) in [7, 11) is 8.23. The lowest BCUT2D eigenvalue weighted by Gasteiger charge is -2.25. The average molecular weight is 377 g/mol. The minimum absolute atomic E-state index is 0.277. The van der Waals surface area contributed by atoms with Crippen LogP contribution >= 0.6 is 0 Å². The van der Waals surface area contributed by atoms with Gasteiger partial charge in [0.25, 0.3) is 0 Å². The maximum absolute atomic E-state index is 4.90. The average Bonchev–Trinajstić information content (AvgIpc) is 2.72. The van der Waals surface area contributed by atoms with E-state index in [-0.39, 0.29) is 12.1 Å². The third kappa shape index (κ3) is 5.44. The molecule has 1 fully saturated rings.